The van der Waals surface area contributed by atoms with Gasteiger partial charge in [0.2, 0.25) is 0 Å². The standard InChI is InChI=1S/C23H52O2Si2/c1-18(2)12-9-14-22(20(5)6)24-26-16-11-17-27-25-23(21(7)8)15-10-13-19(3)4/h18-23H,9-17,26-27H2,1-8H3. The van der Waals surface area contributed by atoms with Gasteiger partial charge in [-0.1, -0.05) is 87.5 Å². The van der Waals surface area contributed by atoms with E-state index in [0.717, 1.165) is 11.8 Å². The Hall–Kier alpha value is 0.354. The molecule has 0 fully saturated rings. The lowest BCUT2D eigenvalue weighted by atomic mass is 9.98. The molecule has 0 N–H and O–H groups in total. The molecule has 2 atom stereocenters. The average Bonchev–Trinajstić information content (AvgIpc) is 2.56. The summed E-state index contributed by atoms with van der Waals surface area (Å²) in [5, 5.41) is 0. The van der Waals surface area contributed by atoms with Crippen LogP contribution in [0, 0.1) is 23.7 Å². The molecule has 4 heteroatoms. The number of rotatable bonds is 18. The smallest absolute Gasteiger partial charge is 0.161 e. The van der Waals surface area contributed by atoms with Gasteiger partial charge in [-0.3, -0.25) is 0 Å². The van der Waals surface area contributed by atoms with Gasteiger partial charge in [-0.15, -0.1) is 0 Å². The fourth-order valence-corrected chi connectivity index (χ4v) is 7.39. The van der Waals surface area contributed by atoms with Crippen LogP contribution >= 0.6 is 0 Å². The van der Waals surface area contributed by atoms with Crippen molar-refractivity contribution >= 4 is 19.5 Å². The van der Waals surface area contributed by atoms with Gasteiger partial charge in [0.25, 0.3) is 0 Å². The highest BCUT2D eigenvalue weighted by Crippen LogP contribution is 2.18. The largest absolute Gasteiger partial charge is 0.421 e. The van der Waals surface area contributed by atoms with Crippen LogP contribution < -0.4 is 0 Å². The third-order valence-corrected chi connectivity index (χ3v) is 8.38. The summed E-state index contributed by atoms with van der Waals surface area (Å²) in [6.45, 7) is 18.6. The van der Waals surface area contributed by atoms with E-state index in [1.165, 1.54) is 57.0 Å². The molecule has 0 aliphatic rings. The summed E-state index contributed by atoms with van der Waals surface area (Å²) >= 11 is 0. The Bertz CT molecular complexity index is 290. The van der Waals surface area contributed by atoms with Crippen molar-refractivity contribution in [2.45, 2.75) is 125 Å². The van der Waals surface area contributed by atoms with Crippen molar-refractivity contribution in [1.82, 2.24) is 0 Å². The fraction of sp³-hybridized carbons (Fsp3) is 1.00. The predicted octanol–water partition coefficient (Wildman–Crippen LogP) is 6.12. The monoisotopic (exact) mass is 416 g/mol. The van der Waals surface area contributed by atoms with Crippen molar-refractivity contribution in [3.8, 4) is 0 Å². The third-order valence-electron chi connectivity index (χ3n) is 5.48. The van der Waals surface area contributed by atoms with E-state index in [2.05, 4.69) is 55.4 Å². The highest BCUT2D eigenvalue weighted by atomic mass is 28.2. The van der Waals surface area contributed by atoms with Crippen LogP contribution in [-0.4, -0.2) is 31.7 Å². The molecule has 0 aromatic heterocycles. The summed E-state index contributed by atoms with van der Waals surface area (Å²) in [4.78, 5) is 0. The Labute approximate surface area is 176 Å². The molecule has 0 amide bonds. The van der Waals surface area contributed by atoms with E-state index < -0.39 is 0 Å². The summed E-state index contributed by atoms with van der Waals surface area (Å²) in [6, 6.07) is 2.67. The second-order valence-electron chi connectivity index (χ2n) is 10.0. The maximum atomic E-state index is 6.34. The molecule has 0 rings (SSSR count). The van der Waals surface area contributed by atoms with E-state index in [9.17, 15) is 0 Å². The zero-order chi connectivity index (χ0) is 20.7. The predicted molar refractivity (Wildman–Crippen MR) is 128 cm³/mol. The maximum absolute atomic E-state index is 6.34. The first kappa shape index (κ1) is 27.4. The van der Waals surface area contributed by atoms with Crippen molar-refractivity contribution in [3.63, 3.8) is 0 Å². The summed E-state index contributed by atoms with van der Waals surface area (Å²) < 4.78 is 12.7. The van der Waals surface area contributed by atoms with E-state index in [1.807, 2.05) is 0 Å². The number of hydrogen-bond acceptors (Lipinski definition) is 2. The van der Waals surface area contributed by atoms with Crippen LogP contribution in [0.2, 0.25) is 12.1 Å². The van der Waals surface area contributed by atoms with Crippen molar-refractivity contribution in [2.75, 3.05) is 0 Å². The molecule has 164 valence electrons. The van der Waals surface area contributed by atoms with E-state index in [-0.39, 0.29) is 19.5 Å². The van der Waals surface area contributed by atoms with Crippen molar-refractivity contribution in [1.29, 1.82) is 0 Å². The Balaban J connectivity index is 3.79. The molecule has 0 aromatic carbocycles. The fourth-order valence-electron chi connectivity index (χ4n) is 3.52. The Morgan fingerprint density at radius 1 is 0.519 bits per heavy atom. The van der Waals surface area contributed by atoms with Gasteiger partial charge in [0, 0.05) is 12.2 Å². The number of hydrogen-bond donors (Lipinski definition) is 0. The van der Waals surface area contributed by atoms with Gasteiger partial charge in [0.1, 0.15) is 0 Å². The average molecular weight is 417 g/mol. The van der Waals surface area contributed by atoms with Crippen LogP contribution in [0.5, 0.6) is 0 Å². The third kappa shape index (κ3) is 17.0. The first-order valence-corrected chi connectivity index (χ1v) is 15.1. The molecule has 0 spiro atoms. The van der Waals surface area contributed by atoms with E-state index >= 15 is 0 Å². The van der Waals surface area contributed by atoms with Gasteiger partial charge >= 0.3 is 0 Å². The molecule has 0 radical (unpaired) electrons. The SMILES string of the molecule is CC(C)CCCC(O[SiH2]CCC[SiH2]OC(CCCC(C)C)C(C)C)C(C)C. The Kier molecular flexibility index (Phi) is 17.5. The van der Waals surface area contributed by atoms with Crippen molar-refractivity contribution in [2.24, 2.45) is 23.7 Å². The highest BCUT2D eigenvalue weighted by molar-refractivity contribution is 6.29. The summed E-state index contributed by atoms with van der Waals surface area (Å²) in [7, 11) is -0.690. The van der Waals surface area contributed by atoms with Crippen LogP contribution in [0.15, 0.2) is 0 Å². The van der Waals surface area contributed by atoms with Crippen LogP contribution in [-0.2, 0) is 8.85 Å². The normalized spacial score (nSPS) is 15.6. The first-order chi connectivity index (χ1) is 12.7. The van der Waals surface area contributed by atoms with Gasteiger partial charge in [-0.05, 0) is 48.6 Å². The van der Waals surface area contributed by atoms with Gasteiger partial charge in [0.05, 0.1) is 0 Å². The second-order valence-corrected chi connectivity index (χ2v) is 12.9. The lowest BCUT2D eigenvalue weighted by Gasteiger charge is -2.23. The van der Waals surface area contributed by atoms with Crippen LogP contribution in [0.1, 0.15) is 100 Å². The van der Waals surface area contributed by atoms with Crippen LogP contribution in [0.3, 0.4) is 0 Å². The zero-order valence-corrected chi connectivity index (χ0v) is 22.9. The first-order valence-electron chi connectivity index (χ1n) is 12.0. The van der Waals surface area contributed by atoms with Crippen LogP contribution in [0.4, 0.5) is 0 Å². The molecular formula is C23H52O2Si2. The zero-order valence-electron chi connectivity index (χ0n) is 20.1. The maximum Gasteiger partial charge on any atom is 0.161 e. The van der Waals surface area contributed by atoms with E-state index in [4.69, 9.17) is 8.85 Å². The van der Waals surface area contributed by atoms with Crippen molar-refractivity contribution in [3.05, 3.63) is 0 Å². The molecule has 0 aromatic rings. The van der Waals surface area contributed by atoms with Gasteiger partial charge < -0.3 is 8.85 Å². The highest BCUT2D eigenvalue weighted by Gasteiger charge is 2.15. The lowest BCUT2D eigenvalue weighted by Crippen LogP contribution is -2.23. The quantitative estimate of drug-likeness (QED) is 0.198. The Morgan fingerprint density at radius 3 is 1.19 bits per heavy atom. The van der Waals surface area contributed by atoms with Gasteiger partial charge in [0.15, 0.2) is 19.5 Å². The minimum absolute atomic E-state index is 0.345. The molecule has 0 bridgehead atoms. The molecule has 0 aliphatic heterocycles. The minimum Gasteiger partial charge on any atom is -0.421 e. The van der Waals surface area contributed by atoms with Crippen LogP contribution in [0.25, 0.3) is 0 Å². The van der Waals surface area contributed by atoms with Gasteiger partial charge in [-0.25, -0.2) is 0 Å². The molecule has 0 saturated carbocycles. The second kappa shape index (κ2) is 17.2. The molecule has 2 unspecified atom stereocenters. The molecule has 2 nitrogen and oxygen atoms in total. The lowest BCUT2D eigenvalue weighted by molar-refractivity contribution is 0.142. The summed E-state index contributed by atoms with van der Waals surface area (Å²) in [5.74, 6) is 2.97. The summed E-state index contributed by atoms with van der Waals surface area (Å²) in [5.41, 5.74) is 0. The van der Waals surface area contributed by atoms with Crippen molar-refractivity contribution < 1.29 is 8.85 Å². The molecule has 0 saturated heterocycles. The van der Waals surface area contributed by atoms with Gasteiger partial charge in [-0.2, -0.15) is 0 Å². The van der Waals surface area contributed by atoms with E-state index in [1.54, 1.807) is 0 Å². The summed E-state index contributed by atoms with van der Waals surface area (Å²) in [6.07, 6.45) is 10.2. The van der Waals surface area contributed by atoms with E-state index in [0.29, 0.717) is 24.0 Å². The molecule has 27 heavy (non-hydrogen) atoms. The Morgan fingerprint density at radius 2 is 0.889 bits per heavy atom. The minimum atomic E-state index is -0.345. The topological polar surface area (TPSA) is 18.5 Å². The molecule has 0 aliphatic carbocycles. The molecule has 0 heterocycles. The molecular weight excluding hydrogens is 364 g/mol.